The zero-order valence-corrected chi connectivity index (χ0v) is 81.3. The Morgan fingerprint density at radius 2 is 0.327 bits per heavy atom. The van der Waals surface area contributed by atoms with Gasteiger partial charge in [-0.2, -0.15) is 0 Å². The van der Waals surface area contributed by atoms with Crippen molar-refractivity contribution in [3.8, 4) is 135 Å². The molecule has 0 atom stereocenters. The Kier molecular flexibility index (Phi) is 21.8. The summed E-state index contributed by atoms with van der Waals surface area (Å²) in [6.45, 7) is 0. The summed E-state index contributed by atoms with van der Waals surface area (Å²) in [5.41, 5.74) is 23.5. The van der Waals surface area contributed by atoms with Crippen molar-refractivity contribution in [3.05, 3.63) is 528 Å². The SMILES string of the molecule is c1ccc(-c2cc(-c3ccccc3)nc(-c3ccc(-c4nc5c6cc7ccccc7cc6c6ccccc6c5c5ccccc45)cc3)n2)cc1.c1ccc(-c2cc(-c3ccccc3)nc(-c3cccc(-c4nc5c6cc7ccccc7cc6c6ccccc6c5c5ccccc45)c3)n2)cc1.c1ccc(-c2cc(-c3ccccc3)nc(-c3cccc(-c4nc5c6ccc7ccccc7c6c6ccccc6c5c5ccccc45)c3)n2)cc1. The van der Waals surface area contributed by atoms with Gasteiger partial charge < -0.3 is 0 Å². The van der Waals surface area contributed by atoms with E-state index in [0.29, 0.717) is 17.5 Å². The third-order valence-corrected chi connectivity index (χ3v) is 29.4. The summed E-state index contributed by atoms with van der Waals surface area (Å²) in [7, 11) is 0. The predicted octanol–water partition coefficient (Wildman–Crippen LogP) is 36.9. The maximum Gasteiger partial charge on any atom is 0.160 e. The van der Waals surface area contributed by atoms with Gasteiger partial charge in [-0.05, 0) is 152 Å². The number of hydrogen-bond donors (Lipinski definition) is 0. The Hall–Kier alpha value is -20.1. The fourth-order valence-electron chi connectivity index (χ4n) is 22.4. The third-order valence-electron chi connectivity index (χ3n) is 29.4. The lowest BCUT2D eigenvalue weighted by molar-refractivity contribution is 1.18. The van der Waals surface area contributed by atoms with Crippen molar-refractivity contribution in [1.82, 2.24) is 44.9 Å². The van der Waals surface area contributed by atoms with E-state index in [0.717, 1.165) is 161 Å². The smallest absolute Gasteiger partial charge is 0.160 e. The van der Waals surface area contributed by atoms with Crippen molar-refractivity contribution >= 4 is 162 Å². The van der Waals surface area contributed by atoms with Gasteiger partial charge in [-0.25, -0.2) is 44.9 Å². The molecule has 24 aromatic carbocycles. The summed E-state index contributed by atoms with van der Waals surface area (Å²) in [6, 6.07) is 186. The number of hydrogen-bond acceptors (Lipinski definition) is 9. The number of pyridine rings is 3. The highest BCUT2D eigenvalue weighted by molar-refractivity contribution is 6.37. The van der Waals surface area contributed by atoms with Crippen LogP contribution in [0.15, 0.2) is 528 Å². The first-order chi connectivity index (χ1) is 74.4. The molecule has 150 heavy (non-hydrogen) atoms. The lowest BCUT2D eigenvalue weighted by Gasteiger charge is -2.16. The molecule has 6 aromatic heterocycles. The molecule has 6 heterocycles. The molecule has 0 radical (unpaired) electrons. The van der Waals surface area contributed by atoms with Crippen molar-refractivity contribution in [2.24, 2.45) is 0 Å². The summed E-state index contributed by atoms with van der Waals surface area (Å²) >= 11 is 0. The highest BCUT2D eigenvalue weighted by Gasteiger charge is 2.26. The summed E-state index contributed by atoms with van der Waals surface area (Å²) in [6.07, 6.45) is 0. The molecule has 0 unspecified atom stereocenters. The molecule has 30 aromatic rings. The standard InChI is InChI=1S/3C47H29N3/c1-3-15-31(16-4-1)41-29-42(32-17-5-2-6-18-32)49-47(48-41)34-20-13-19-33(28-34)45-39-25-12-11-24-38(39)44-37-23-10-9-22-36(37)43-35-21-8-7-14-30(35)26-27-40(43)46(44)50-45;1-3-14-30(15-4-1)42-29-43(31-16-5-2-6-17-31)49-47(48-42)35-21-13-20-34(26-35)45-39-25-12-11-24-38(39)44-37-23-10-9-22-36(37)40-27-32-18-7-8-19-33(32)28-41(40)46(44)50-45;1-3-13-30(14-4-1)42-29-43(31-15-5-2-6-16-31)49-47(48-42)33-25-23-32(24-26-33)45-39-22-12-11-21-38(39)44-37-20-10-9-19-36(37)40-27-34-17-7-8-18-35(34)28-41(40)46(44)50-45/h3*1-29H. The van der Waals surface area contributed by atoms with E-state index in [-0.39, 0.29) is 0 Å². The minimum atomic E-state index is 0.681. The van der Waals surface area contributed by atoms with Crippen LogP contribution in [0.5, 0.6) is 0 Å². The Bertz CT molecular complexity index is 10200. The van der Waals surface area contributed by atoms with Crippen LogP contribution >= 0.6 is 0 Å². The Morgan fingerprint density at radius 1 is 0.100 bits per heavy atom. The van der Waals surface area contributed by atoms with E-state index in [1.54, 1.807) is 0 Å². The molecule has 0 aliphatic heterocycles. The normalized spacial score (nSPS) is 11.6. The van der Waals surface area contributed by atoms with Gasteiger partial charge in [0.25, 0.3) is 0 Å². The predicted molar refractivity (Wildman–Crippen MR) is 627 cm³/mol. The van der Waals surface area contributed by atoms with E-state index in [2.05, 4.69) is 419 Å². The molecule has 0 bridgehead atoms. The fourth-order valence-corrected chi connectivity index (χ4v) is 22.4. The van der Waals surface area contributed by atoms with Crippen molar-refractivity contribution in [3.63, 3.8) is 0 Å². The van der Waals surface area contributed by atoms with Crippen LogP contribution < -0.4 is 0 Å². The van der Waals surface area contributed by atoms with Crippen LogP contribution in [0, 0.1) is 0 Å². The molecule has 0 N–H and O–H groups in total. The van der Waals surface area contributed by atoms with Crippen LogP contribution in [-0.2, 0) is 0 Å². The number of rotatable bonds is 12. The first kappa shape index (κ1) is 87.6. The Labute approximate surface area is 863 Å². The van der Waals surface area contributed by atoms with Crippen LogP contribution in [0.2, 0.25) is 0 Å². The van der Waals surface area contributed by atoms with Crippen LogP contribution in [0.1, 0.15) is 0 Å². The Balaban J connectivity index is 0.000000108. The lowest BCUT2D eigenvalue weighted by Crippen LogP contribution is -1.97. The molecule has 0 saturated heterocycles. The molecule has 9 heteroatoms. The Morgan fingerprint density at radius 3 is 0.660 bits per heavy atom. The molecule has 696 valence electrons. The lowest BCUT2D eigenvalue weighted by atomic mass is 9.90. The highest BCUT2D eigenvalue weighted by Crippen LogP contribution is 2.49. The van der Waals surface area contributed by atoms with Gasteiger partial charge in [-0.3, -0.25) is 0 Å². The highest BCUT2D eigenvalue weighted by atomic mass is 14.9. The quantitative estimate of drug-likeness (QED) is 0.0871. The van der Waals surface area contributed by atoms with E-state index in [1.165, 1.54) is 118 Å². The molecule has 9 nitrogen and oxygen atoms in total. The summed E-state index contributed by atoms with van der Waals surface area (Å²) < 4.78 is 0. The van der Waals surface area contributed by atoms with Crippen molar-refractivity contribution in [2.45, 2.75) is 0 Å². The van der Waals surface area contributed by atoms with E-state index in [1.807, 2.05) is 109 Å². The van der Waals surface area contributed by atoms with Crippen LogP contribution in [0.4, 0.5) is 0 Å². The fraction of sp³-hybridized carbons (Fsp3) is 0. The first-order valence-corrected chi connectivity index (χ1v) is 50.9. The maximum atomic E-state index is 5.58. The van der Waals surface area contributed by atoms with Gasteiger partial charge in [0.05, 0.1) is 67.8 Å². The van der Waals surface area contributed by atoms with E-state index >= 15 is 0 Å². The molecule has 0 amide bonds. The molecular formula is C141H87N9. The molecule has 0 spiro atoms. The van der Waals surface area contributed by atoms with Crippen LogP contribution in [0.25, 0.3) is 297 Å². The van der Waals surface area contributed by atoms with Gasteiger partial charge >= 0.3 is 0 Å². The van der Waals surface area contributed by atoms with Gasteiger partial charge in [-0.15, -0.1) is 0 Å². The number of nitrogens with zero attached hydrogens (tertiary/aromatic N) is 9. The average molecular weight is 1910 g/mol. The topological polar surface area (TPSA) is 116 Å². The monoisotopic (exact) mass is 1910 g/mol. The number of benzene rings is 24. The third kappa shape index (κ3) is 15.7. The molecule has 0 saturated carbocycles. The number of fused-ring (bicyclic) bond motifs is 28. The van der Waals surface area contributed by atoms with E-state index in [9.17, 15) is 0 Å². The largest absolute Gasteiger partial charge is 0.246 e. The molecule has 30 rings (SSSR count). The second-order valence-corrected chi connectivity index (χ2v) is 38.3. The summed E-state index contributed by atoms with van der Waals surface area (Å²) in [5, 5.41) is 32.4. The molecular weight excluding hydrogens is 1820 g/mol. The van der Waals surface area contributed by atoms with E-state index < -0.39 is 0 Å². The average Bonchev–Trinajstić information content (AvgIpc) is 0.722. The minimum absolute atomic E-state index is 0.681. The summed E-state index contributed by atoms with van der Waals surface area (Å²) in [5.74, 6) is 2.05. The summed E-state index contributed by atoms with van der Waals surface area (Å²) in [4.78, 5) is 47.3. The van der Waals surface area contributed by atoms with Crippen molar-refractivity contribution in [1.29, 1.82) is 0 Å². The van der Waals surface area contributed by atoms with Gasteiger partial charge in [-0.1, -0.05) is 473 Å². The van der Waals surface area contributed by atoms with Gasteiger partial charge in [0.2, 0.25) is 0 Å². The van der Waals surface area contributed by atoms with Gasteiger partial charge in [0.1, 0.15) is 0 Å². The second kappa shape index (κ2) is 37.2. The van der Waals surface area contributed by atoms with Crippen LogP contribution in [0.3, 0.4) is 0 Å². The first-order valence-electron chi connectivity index (χ1n) is 50.9. The van der Waals surface area contributed by atoms with E-state index in [4.69, 9.17) is 44.9 Å². The van der Waals surface area contributed by atoms with Gasteiger partial charge in [0, 0.05) is 115 Å². The molecule has 0 aliphatic carbocycles. The van der Waals surface area contributed by atoms with Crippen molar-refractivity contribution in [2.75, 3.05) is 0 Å². The number of aromatic nitrogens is 9. The zero-order chi connectivity index (χ0) is 99.1. The molecule has 0 aliphatic rings. The minimum Gasteiger partial charge on any atom is -0.246 e. The maximum absolute atomic E-state index is 5.58. The van der Waals surface area contributed by atoms with Gasteiger partial charge in [0.15, 0.2) is 17.5 Å². The van der Waals surface area contributed by atoms with Crippen LogP contribution in [-0.4, -0.2) is 44.9 Å². The van der Waals surface area contributed by atoms with Crippen molar-refractivity contribution < 1.29 is 0 Å². The second-order valence-electron chi connectivity index (χ2n) is 38.3. The molecule has 0 fully saturated rings. The zero-order valence-electron chi connectivity index (χ0n) is 81.3.